The predicted octanol–water partition coefficient (Wildman–Crippen LogP) is 4.72. The third kappa shape index (κ3) is 6.37. The van der Waals surface area contributed by atoms with Crippen molar-refractivity contribution in [3.05, 3.63) is 83.8 Å². The van der Waals surface area contributed by atoms with Crippen LogP contribution in [-0.4, -0.2) is 60.9 Å². The molecule has 0 spiro atoms. The molecule has 1 fully saturated rings. The third-order valence-electron chi connectivity index (χ3n) is 6.60. The van der Waals surface area contributed by atoms with Crippen LogP contribution < -0.4 is 14.9 Å². The average Bonchev–Trinajstić information content (AvgIpc) is 2.94. The molecule has 3 aromatic heterocycles. The van der Waals surface area contributed by atoms with E-state index in [0.29, 0.717) is 71.8 Å². The molecule has 0 saturated carbocycles. The van der Waals surface area contributed by atoms with Gasteiger partial charge in [0, 0.05) is 54.4 Å². The van der Waals surface area contributed by atoms with Crippen molar-refractivity contribution in [1.82, 2.24) is 24.7 Å². The fourth-order valence-electron chi connectivity index (χ4n) is 4.71. The van der Waals surface area contributed by atoms with Gasteiger partial charge in [0.15, 0.2) is 0 Å². The largest absolute Gasteiger partial charge is 0.378 e. The summed E-state index contributed by atoms with van der Waals surface area (Å²) in [5, 5.41) is 3.37. The highest BCUT2D eigenvalue weighted by Crippen LogP contribution is 2.38. The average molecular weight is 594 g/mol. The fourth-order valence-corrected chi connectivity index (χ4v) is 5.25. The molecule has 0 bridgehead atoms. The normalized spacial score (nSPS) is 14.2. The zero-order chi connectivity index (χ0) is 30.0. The van der Waals surface area contributed by atoms with Crippen LogP contribution in [0.25, 0.3) is 27.9 Å². The number of ether oxygens (including phenoxy) is 1. The number of nitrogens with one attached hydrogen (secondary N) is 2. The zero-order valence-corrected chi connectivity index (χ0v) is 24.1. The molecule has 0 amide bonds. The number of nitrogens with zero attached hydrogens (tertiary/aromatic N) is 5. The van der Waals surface area contributed by atoms with Gasteiger partial charge < -0.3 is 15.0 Å². The summed E-state index contributed by atoms with van der Waals surface area (Å²) in [5.41, 5.74) is 3.19. The van der Waals surface area contributed by atoms with E-state index in [1.807, 2.05) is 4.90 Å². The molecule has 13 heteroatoms. The van der Waals surface area contributed by atoms with Crippen LogP contribution in [0.2, 0.25) is 0 Å². The molecule has 2 N–H and O–H groups in total. The number of benzene rings is 1. The Bertz CT molecular complexity index is 1810. The molecule has 10 nitrogen and oxygen atoms in total. The van der Waals surface area contributed by atoms with Crippen LogP contribution in [0, 0.1) is 18.6 Å². The number of sulfonamides is 1. The minimum Gasteiger partial charge on any atom is -0.378 e. The van der Waals surface area contributed by atoms with Crippen molar-refractivity contribution in [1.29, 1.82) is 0 Å². The van der Waals surface area contributed by atoms with Crippen LogP contribution in [0.1, 0.15) is 18.1 Å². The topological polar surface area (TPSA) is 122 Å². The molecule has 4 aromatic rings. The third-order valence-corrected chi connectivity index (χ3v) is 7.23. The van der Waals surface area contributed by atoms with Crippen molar-refractivity contribution in [2.24, 2.45) is 0 Å². The van der Waals surface area contributed by atoms with Crippen LogP contribution in [-0.2, 0) is 14.8 Å². The Labute approximate surface area is 242 Å². The smallest absolute Gasteiger partial charge is 0.229 e. The summed E-state index contributed by atoms with van der Waals surface area (Å²) >= 11 is 0. The number of pyridine rings is 2. The lowest BCUT2D eigenvalue weighted by Crippen LogP contribution is -2.37. The van der Waals surface area contributed by atoms with Crippen molar-refractivity contribution in [3.8, 4) is 11.4 Å². The Morgan fingerprint density at radius 3 is 2.60 bits per heavy atom. The van der Waals surface area contributed by atoms with Gasteiger partial charge in [0.05, 0.1) is 47.4 Å². The number of hydrogen-bond acceptors (Lipinski definition) is 9. The van der Waals surface area contributed by atoms with E-state index in [0.717, 1.165) is 12.3 Å². The summed E-state index contributed by atoms with van der Waals surface area (Å²) < 4.78 is 61.0. The molecule has 1 aliphatic rings. The number of rotatable bonds is 8. The first kappa shape index (κ1) is 29.0. The van der Waals surface area contributed by atoms with E-state index in [1.165, 1.54) is 6.07 Å². The van der Waals surface area contributed by atoms with Crippen molar-refractivity contribution < 1.29 is 21.9 Å². The van der Waals surface area contributed by atoms with Crippen LogP contribution >= 0.6 is 0 Å². The minimum absolute atomic E-state index is 0.0795. The molecule has 4 heterocycles. The first-order chi connectivity index (χ1) is 20.0. The molecular weight excluding hydrogens is 564 g/mol. The summed E-state index contributed by atoms with van der Waals surface area (Å²) in [5.74, 6) is -0.809. The van der Waals surface area contributed by atoms with E-state index in [1.54, 1.807) is 50.5 Å². The van der Waals surface area contributed by atoms with Crippen molar-refractivity contribution >= 4 is 44.0 Å². The standard InChI is InChI=1S/C29H29F2N7O3S/c1-17(13-18(2)37-42(4,39)40)21-16-33-29(38-9-11-41-12-10-38)36-28(21)35-27-19(3)26(23-7-5-6-8-32-23)34-24-15-20(30)14-22(31)25(24)27/h5-8,13-16,37H,2,9-12H2,1,3-4H3,(H,33,34,35,36)/b17-13+. The van der Waals surface area contributed by atoms with E-state index in [2.05, 4.69) is 31.6 Å². The summed E-state index contributed by atoms with van der Waals surface area (Å²) in [6.07, 6.45) is 5.80. The Morgan fingerprint density at radius 2 is 1.90 bits per heavy atom. The zero-order valence-electron chi connectivity index (χ0n) is 23.3. The summed E-state index contributed by atoms with van der Waals surface area (Å²) in [4.78, 5) is 20.3. The van der Waals surface area contributed by atoms with Gasteiger partial charge in [-0.2, -0.15) is 4.98 Å². The molecule has 42 heavy (non-hydrogen) atoms. The Balaban J connectivity index is 1.70. The number of halogens is 2. The van der Waals surface area contributed by atoms with E-state index < -0.39 is 21.7 Å². The minimum atomic E-state index is -3.55. The molecule has 0 unspecified atom stereocenters. The second-order valence-corrected chi connectivity index (χ2v) is 11.6. The molecule has 5 rings (SSSR count). The maximum atomic E-state index is 15.4. The highest BCUT2D eigenvalue weighted by Gasteiger charge is 2.22. The van der Waals surface area contributed by atoms with Gasteiger partial charge in [0.2, 0.25) is 16.0 Å². The number of allylic oxidation sites excluding steroid dienone is 2. The van der Waals surface area contributed by atoms with E-state index in [9.17, 15) is 12.8 Å². The Morgan fingerprint density at radius 1 is 1.14 bits per heavy atom. The second kappa shape index (κ2) is 11.8. The summed E-state index contributed by atoms with van der Waals surface area (Å²) in [7, 11) is -3.55. The maximum absolute atomic E-state index is 15.4. The fraction of sp³-hybridized carbons (Fsp3) is 0.241. The van der Waals surface area contributed by atoms with Gasteiger partial charge in [-0.3, -0.25) is 9.71 Å². The van der Waals surface area contributed by atoms with Gasteiger partial charge in [-0.25, -0.2) is 27.2 Å². The molecule has 0 radical (unpaired) electrons. The summed E-state index contributed by atoms with van der Waals surface area (Å²) in [6, 6.07) is 7.30. The molecule has 1 aliphatic heterocycles. The number of hydrogen-bond donors (Lipinski definition) is 2. The Kier molecular flexibility index (Phi) is 8.14. The van der Waals surface area contributed by atoms with Crippen molar-refractivity contribution in [2.75, 3.05) is 42.8 Å². The van der Waals surface area contributed by atoms with Gasteiger partial charge in [-0.15, -0.1) is 0 Å². The number of anilines is 3. The van der Waals surface area contributed by atoms with Gasteiger partial charge in [0.1, 0.15) is 17.5 Å². The van der Waals surface area contributed by atoms with E-state index in [-0.39, 0.29) is 16.6 Å². The lowest BCUT2D eigenvalue weighted by atomic mass is 10.0. The van der Waals surface area contributed by atoms with Crippen LogP contribution in [0.3, 0.4) is 0 Å². The number of aromatic nitrogens is 4. The predicted molar refractivity (Wildman–Crippen MR) is 159 cm³/mol. The van der Waals surface area contributed by atoms with Gasteiger partial charge in [0.25, 0.3) is 0 Å². The number of fused-ring (bicyclic) bond motifs is 1. The van der Waals surface area contributed by atoms with Gasteiger partial charge in [-0.1, -0.05) is 12.6 Å². The first-order valence-corrected chi connectivity index (χ1v) is 14.9. The SMILES string of the molecule is C=C(/C=C(\C)c1cnc(N2CCOCC2)nc1Nc1c(C)c(-c2ccccn2)nc2cc(F)cc(F)c12)NS(C)(=O)=O. The van der Waals surface area contributed by atoms with Crippen molar-refractivity contribution in [2.45, 2.75) is 13.8 Å². The maximum Gasteiger partial charge on any atom is 0.229 e. The van der Waals surface area contributed by atoms with Gasteiger partial charge in [-0.05, 0) is 37.6 Å². The van der Waals surface area contributed by atoms with Crippen LogP contribution in [0.4, 0.5) is 26.2 Å². The number of morpholine rings is 1. The van der Waals surface area contributed by atoms with Crippen molar-refractivity contribution in [3.63, 3.8) is 0 Å². The molecule has 0 atom stereocenters. The van der Waals surface area contributed by atoms with E-state index in [4.69, 9.17) is 9.72 Å². The monoisotopic (exact) mass is 593 g/mol. The van der Waals surface area contributed by atoms with Gasteiger partial charge >= 0.3 is 0 Å². The second-order valence-electron chi connectivity index (χ2n) is 9.84. The summed E-state index contributed by atoms with van der Waals surface area (Å²) in [6.45, 7) is 9.49. The molecule has 1 saturated heterocycles. The molecule has 0 aliphatic carbocycles. The van der Waals surface area contributed by atoms with E-state index >= 15 is 4.39 Å². The first-order valence-electron chi connectivity index (χ1n) is 13.0. The van der Waals surface area contributed by atoms with Crippen LogP contribution in [0.5, 0.6) is 0 Å². The molecule has 218 valence electrons. The lowest BCUT2D eigenvalue weighted by molar-refractivity contribution is 0.122. The highest BCUT2D eigenvalue weighted by atomic mass is 32.2. The lowest BCUT2D eigenvalue weighted by Gasteiger charge is -2.27. The Hall–Kier alpha value is -4.49. The molecule has 1 aromatic carbocycles. The van der Waals surface area contributed by atoms with Crippen LogP contribution in [0.15, 0.2) is 61.1 Å². The quantitative estimate of drug-likeness (QED) is 0.280. The highest BCUT2D eigenvalue weighted by molar-refractivity contribution is 7.88. The molecular formula is C29H29F2N7O3S.